The first-order chi connectivity index (χ1) is 24.8. The highest BCUT2D eigenvalue weighted by Gasteiger charge is 2.41. The van der Waals surface area contributed by atoms with Gasteiger partial charge in [0.1, 0.15) is 24.7 Å². The van der Waals surface area contributed by atoms with Crippen molar-refractivity contribution in [3.8, 4) is 11.5 Å². The van der Waals surface area contributed by atoms with Gasteiger partial charge in [-0.25, -0.2) is 26.9 Å². The molecular formula is C42H46F4N3O4+. The summed E-state index contributed by atoms with van der Waals surface area (Å²) in [7, 11) is 3.99. The SMILES string of the molecule is C=C(C)C(=O)OC1CCN(C(=O)c2c(F)c(F)c(F)c(F)c2C2=c3cc4c(cc3Oc3cc5c(cc32)C(C)CC(C)(C)N5C)=[N+](C)C(C)(C)CC4)CC1. The van der Waals surface area contributed by atoms with Crippen molar-refractivity contribution in [2.24, 2.45) is 0 Å². The molecule has 0 saturated carbocycles. The molecule has 7 rings (SSSR count). The van der Waals surface area contributed by atoms with Gasteiger partial charge in [0.05, 0.1) is 11.6 Å². The first-order valence-corrected chi connectivity index (χ1v) is 18.2. The van der Waals surface area contributed by atoms with E-state index in [1.807, 2.05) is 38.4 Å². The summed E-state index contributed by atoms with van der Waals surface area (Å²) in [5, 5.41) is 1.25. The van der Waals surface area contributed by atoms with Gasteiger partial charge < -0.3 is 19.3 Å². The van der Waals surface area contributed by atoms with Gasteiger partial charge in [0.25, 0.3) is 5.91 Å². The molecule has 11 heteroatoms. The van der Waals surface area contributed by atoms with Gasteiger partial charge in [0, 0.05) is 89.7 Å². The molecule has 53 heavy (non-hydrogen) atoms. The maximum absolute atomic E-state index is 16.7. The molecule has 280 valence electrons. The molecule has 1 saturated heterocycles. The zero-order valence-electron chi connectivity index (χ0n) is 31.6. The number of carbonyl (C=O) groups is 2. The maximum atomic E-state index is 16.7. The average Bonchev–Trinajstić information content (AvgIpc) is 3.11. The number of ether oxygens (including phenoxy) is 2. The van der Waals surface area contributed by atoms with Crippen molar-refractivity contribution in [3.05, 3.63) is 98.1 Å². The topological polar surface area (TPSA) is 62.1 Å². The molecule has 0 aliphatic carbocycles. The molecule has 3 aromatic carbocycles. The number of halogens is 4. The van der Waals surface area contributed by atoms with E-state index in [-0.39, 0.29) is 54.1 Å². The van der Waals surface area contributed by atoms with Crippen LogP contribution in [0.1, 0.15) is 106 Å². The maximum Gasteiger partial charge on any atom is 0.333 e. The highest BCUT2D eigenvalue weighted by Crippen LogP contribution is 2.49. The molecule has 4 aliphatic heterocycles. The molecule has 1 fully saturated rings. The Kier molecular flexibility index (Phi) is 8.81. The van der Waals surface area contributed by atoms with Crippen molar-refractivity contribution < 1.29 is 36.6 Å². The Balaban J connectivity index is 1.49. The van der Waals surface area contributed by atoms with Crippen LogP contribution in [0.25, 0.3) is 5.57 Å². The molecule has 0 spiro atoms. The van der Waals surface area contributed by atoms with Gasteiger partial charge in [-0.1, -0.05) is 13.5 Å². The number of piperidine rings is 1. The Morgan fingerprint density at radius 3 is 2.28 bits per heavy atom. The predicted octanol–water partition coefficient (Wildman–Crippen LogP) is 6.89. The number of esters is 1. The number of carbonyl (C=O) groups excluding carboxylic acids is 2. The van der Waals surface area contributed by atoms with Gasteiger partial charge in [-0.3, -0.25) is 4.79 Å². The quantitative estimate of drug-likeness (QED) is 0.0572. The number of benzene rings is 3. The Morgan fingerprint density at radius 2 is 1.62 bits per heavy atom. The van der Waals surface area contributed by atoms with Crippen LogP contribution >= 0.6 is 0 Å². The minimum Gasteiger partial charge on any atom is -0.459 e. The Hall–Kier alpha value is -4.67. The molecule has 7 nitrogen and oxygen atoms in total. The number of likely N-dealkylation sites (tertiary alicyclic amines) is 1. The van der Waals surface area contributed by atoms with Crippen LogP contribution in [-0.2, 0) is 16.0 Å². The number of hydrogen-bond donors (Lipinski definition) is 0. The van der Waals surface area contributed by atoms with E-state index in [2.05, 4.69) is 50.7 Å². The van der Waals surface area contributed by atoms with Gasteiger partial charge in [0.2, 0.25) is 5.36 Å². The van der Waals surface area contributed by atoms with E-state index in [1.165, 1.54) is 11.8 Å². The third-order valence-electron chi connectivity index (χ3n) is 12.0. The zero-order chi connectivity index (χ0) is 38.5. The average molecular weight is 733 g/mol. The van der Waals surface area contributed by atoms with Gasteiger partial charge in [-0.05, 0) is 71.1 Å². The van der Waals surface area contributed by atoms with Crippen molar-refractivity contribution in [2.75, 3.05) is 32.1 Å². The molecule has 1 amide bonds. The number of amides is 1. The molecule has 0 bridgehead atoms. The van der Waals surface area contributed by atoms with E-state index < -0.39 is 52.4 Å². The summed E-state index contributed by atoms with van der Waals surface area (Å²) in [6, 6.07) is 7.44. The summed E-state index contributed by atoms with van der Waals surface area (Å²) >= 11 is 0. The van der Waals surface area contributed by atoms with E-state index in [0.29, 0.717) is 28.7 Å². The van der Waals surface area contributed by atoms with Gasteiger partial charge in [0.15, 0.2) is 28.8 Å². The van der Waals surface area contributed by atoms with Crippen LogP contribution in [0.2, 0.25) is 0 Å². The fourth-order valence-corrected chi connectivity index (χ4v) is 8.40. The largest absolute Gasteiger partial charge is 0.459 e. The van der Waals surface area contributed by atoms with Crippen molar-refractivity contribution in [1.82, 2.24) is 9.48 Å². The third-order valence-corrected chi connectivity index (χ3v) is 12.0. The van der Waals surface area contributed by atoms with Crippen LogP contribution in [0.3, 0.4) is 0 Å². The first kappa shape index (κ1) is 36.7. The van der Waals surface area contributed by atoms with E-state index in [0.717, 1.165) is 35.0 Å². The minimum atomic E-state index is -2.06. The van der Waals surface area contributed by atoms with Crippen LogP contribution in [0.5, 0.6) is 11.5 Å². The summed E-state index contributed by atoms with van der Waals surface area (Å²) in [6.45, 7) is 15.8. The van der Waals surface area contributed by atoms with Gasteiger partial charge in [-0.2, -0.15) is 0 Å². The van der Waals surface area contributed by atoms with Crippen molar-refractivity contribution in [2.45, 2.75) is 96.7 Å². The van der Waals surface area contributed by atoms with Crippen LogP contribution in [0, 0.1) is 23.3 Å². The van der Waals surface area contributed by atoms with E-state index >= 15 is 17.6 Å². The molecule has 3 aromatic rings. The lowest BCUT2D eigenvalue weighted by Gasteiger charge is -2.46. The molecular weight excluding hydrogens is 686 g/mol. The smallest absolute Gasteiger partial charge is 0.333 e. The molecule has 0 radical (unpaired) electrons. The Bertz CT molecular complexity index is 2250. The highest BCUT2D eigenvalue weighted by atomic mass is 19.2. The number of hydrogen-bond acceptors (Lipinski definition) is 5. The monoisotopic (exact) mass is 732 g/mol. The van der Waals surface area contributed by atoms with Crippen molar-refractivity contribution >= 4 is 23.1 Å². The van der Waals surface area contributed by atoms with Crippen LogP contribution in [-0.4, -0.2) is 61.1 Å². The fourth-order valence-electron chi connectivity index (χ4n) is 8.40. The summed E-state index contributed by atoms with van der Waals surface area (Å²) in [6.07, 6.45) is 2.19. The number of nitrogens with zero attached hydrogens (tertiary/aromatic N) is 3. The summed E-state index contributed by atoms with van der Waals surface area (Å²) < 4.78 is 78.0. The Labute approximate surface area is 307 Å². The molecule has 1 atom stereocenters. The third kappa shape index (κ3) is 5.91. The lowest BCUT2D eigenvalue weighted by molar-refractivity contribution is -0.146. The second-order valence-electron chi connectivity index (χ2n) is 16.4. The zero-order valence-corrected chi connectivity index (χ0v) is 31.6. The number of rotatable bonds is 4. The van der Waals surface area contributed by atoms with Gasteiger partial charge in [-0.15, -0.1) is 0 Å². The first-order valence-electron chi connectivity index (χ1n) is 18.2. The van der Waals surface area contributed by atoms with Crippen molar-refractivity contribution in [1.29, 1.82) is 0 Å². The summed E-state index contributed by atoms with van der Waals surface area (Å²) in [5.74, 6) is -8.36. The van der Waals surface area contributed by atoms with E-state index in [4.69, 9.17) is 9.47 Å². The van der Waals surface area contributed by atoms with Gasteiger partial charge >= 0.3 is 5.97 Å². The lowest BCUT2D eigenvalue weighted by atomic mass is 9.78. The second-order valence-corrected chi connectivity index (χ2v) is 16.4. The lowest BCUT2D eigenvalue weighted by Crippen LogP contribution is -2.49. The second kappa shape index (κ2) is 12.7. The molecule has 0 aromatic heterocycles. The predicted molar refractivity (Wildman–Crippen MR) is 195 cm³/mol. The van der Waals surface area contributed by atoms with Crippen LogP contribution < -0.4 is 24.8 Å². The van der Waals surface area contributed by atoms with E-state index in [1.54, 1.807) is 0 Å². The normalized spacial score (nSPS) is 20.2. The molecule has 1 unspecified atom stereocenters. The van der Waals surface area contributed by atoms with Crippen LogP contribution in [0.4, 0.5) is 23.2 Å². The van der Waals surface area contributed by atoms with E-state index in [9.17, 15) is 9.59 Å². The number of aryl methyl sites for hydroxylation is 1. The standard InChI is InChI=1S/C42H46F4N3O4/c1-21(2)40(51)52-24-11-14-49(15-12-24)39(50)34-33(35(43)37(45)38(46)36(34)44)32-26-16-23-10-13-41(4,5)47(8)28(23)18-30(26)53-31-19-29-25(17-27(31)32)22(3)20-42(6,7)48(29)9/h16-19,22,24H,1,10-15,20H2,2-9H3/q+1. The fraction of sp³-hybridized carbons (Fsp3) is 0.452. The van der Waals surface area contributed by atoms with Crippen molar-refractivity contribution in [3.63, 3.8) is 0 Å². The Morgan fingerprint density at radius 1 is 0.962 bits per heavy atom. The number of fused-ring (bicyclic) bond motifs is 4. The van der Waals surface area contributed by atoms with Crippen LogP contribution in [0.15, 0.2) is 36.4 Å². The molecule has 0 N–H and O–H groups in total. The molecule has 4 heterocycles. The summed E-state index contributed by atoms with van der Waals surface area (Å²) in [5.41, 5.74) is 1.46. The minimum absolute atomic E-state index is 0.0147. The highest BCUT2D eigenvalue weighted by molar-refractivity contribution is 6.03. The number of anilines is 1. The summed E-state index contributed by atoms with van der Waals surface area (Å²) in [4.78, 5) is 29.9. The molecule has 4 aliphatic rings.